The monoisotopic (exact) mass is 413 g/mol. The molecule has 0 aliphatic carbocycles. The summed E-state index contributed by atoms with van der Waals surface area (Å²) in [4.78, 5) is 29.2. The number of hydrogen-bond acceptors (Lipinski definition) is 4. The second-order valence-corrected chi connectivity index (χ2v) is 7.94. The van der Waals surface area contributed by atoms with Gasteiger partial charge < -0.3 is 15.0 Å². The molecule has 6 nitrogen and oxygen atoms in total. The van der Waals surface area contributed by atoms with Crippen LogP contribution in [0.2, 0.25) is 10.0 Å². The average molecular weight is 414 g/mol. The zero-order chi connectivity index (χ0) is 19.4. The summed E-state index contributed by atoms with van der Waals surface area (Å²) in [6.45, 7) is 5.94. The molecule has 2 aliphatic heterocycles. The summed E-state index contributed by atoms with van der Waals surface area (Å²) in [5.41, 5.74) is 0.585. The van der Waals surface area contributed by atoms with E-state index < -0.39 is 0 Å². The molecule has 0 bridgehead atoms. The highest BCUT2D eigenvalue weighted by molar-refractivity contribution is 6.35. The van der Waals surface area contributed by atoms with Crippen molar-refractivity contribution in [1.82, 2.24) is 9.80 Å². The van der Waals surface area contributed by atoms with Gasteiger partial charge in [-0.2, -0.15) is 0 Å². The Kier molecular flexibility index (Phi) is 6.98. The molecule has 2 saturated heterocycles. The van der Waals surface area contributed by atoms with E-state index in [1.165, 1.54) is 0 Å². The molecule has 1 atom stereocenters. The van der Waals surface area contributed by atoms with E-state index in [1.807, 2.05) is 11.8 Å². The van der Waals surface area contributed by atoms with Gasteiger partial charge in [-0.15, -0.1) is 0 Å². The molecule has 1 N–H and O–H groups in total. The van der Waals surface area contributed by atoms with Crippen molar-refractivity contribution >= 4 is 40.7 Å². The first-order valence-corrected chi connectivity index (χ1v) is 10.1. The van der Waals surface area contributed by atoms with Crippen LogP contribution in [-0.4, -0.2) is 67.0 Å². The van der Waals surface area contributed by atoms with Gasteiger partial charge in [0.05, 0.1) is 19.3 Å². The first-order valence-electron chi connectivity index (χ1n) is 9.31. The molecule has 0 aromatic heterocycles. The van der Waals surface area contributed by atoms with Crippen molar-refractivity contribution in [2.24, 2.45) is 5.92 Å². The van der Waals surface area contributed by atoms with Crippen molar-refractivity contribution in [1.29, 1.82) is 0 Å². The van der Waals surface area contributed by atoms with Crippen molar-refractivity contribution in [3.63, 3.8) is 0 Å². The first-order chi connectivity index (χ1) is 12.9. The fourth-order valence-electron chi connectivity index (χ4n) is 3.61. The highest BCUT2D eigenvalue weighted by atomic mass is 35.5. The smallest absolute Gasteiger partial charge is 0.241 e. The minimum absolute atomic E-state index is 0.0429. The van der Waals surface area contributed by atoms with Gasteiger partial charge in [-0.1, -0.05) is 23.2 Å². The summed E-state index contributed by atoms with van der Waals surface area (Å²) in [7, 11) is 0. The summed E-state index contributed by atoms with van der Waals surface area (Å²) < 4.78 is 5.31. The van der Waals surface area contributed by atoms with Gasteiger partial charge in [0.15, 0.2) is 0 Å². The SMILES string of the molecule is C[C@H](C(=O)Nc1cc(Cl)cc(Cl)c1)N1CCC(C(=O)N2CCOCC2)CC1. The van der Waals surface area contributed by atoms with Crippen molar-refractivity contribution in [3.8, 4) is 0 Å². The third-order valence-corrected chi connectivity index (χ3v) is 5.70. The van der Waals surface area contributed by atoms with Gasteiger partial charge in [-0.25, -0.2) is 0 Å². The lowest BCUT2D eigenvalue weighted by atomic mass is 9.94. The number of piperidine rings is 1. The van der Waals surface area contributed by atoms with Gasteiger partial charge in [0.25, 0.3) is 0 Å². The van der Waals surface area contributed by atoms with Crippen LogP contribution in [0.4, 0.5) is 5.69 Å². The Balaban J connectivity index is 1.50. The van der Waals surface area contributed by atoms with Crippen LogP contribution in [0.1, 0.15) is 19.8 Å². The second-order valence-electron chi connectivity index (χ2n) is 7.07. The van der Waals surface area contributed by atoms with Crippen LogP contribution in [0.25, 0.3) is 0 Å². The Hall–Kier alpha value is -1.34. The Morgan fingerprint density at radius 2 is 1.67 bits per heavy atom. The highest BCUT2D eigenvalue weighted by Crippen LogP contribution is 2.24. The summed E-state index contributed by atoms with van der Waals surface area (Å²) in [6.07, 6.45) is 1.55. The molecular weight excluding hydrogens is 389 g/mol. The number of carbonyl (C=O) groups excluding carboxylic acids is 2. The molecule has 3 rings (SSSR count). The van der Waals surface area contributed by atoms with E-state index in [2.05, 4.69) is 10.2 Å². The molecule has 27 heavy (non-hydrogen) atoms. The number of benzene rings is 1. The molecule has 0 spiro atoms. The number of anilines is 1. The maximum Gasteiger partial charge on any atom is 0.241 e. The van der Waals surface area contributed by atoms with Crippen molar-refractivity contribution in [2.45, 2.75) is 25.8 Å². The Morgan fingerprint density at radius 1 is 1.07 bits per heavy atom. The molecule has 1 aromatic carbocycles. The maximum atomic E-state index is 12.6. The fourth-order valence-corrected chi connectivity index (χ4v) is 4.14. The van der Waals surface area contributed by atoms with Crippen molar-refractivity contribution in [3.05, 3.63) is 28.2 Å². The van der Waals surface area contributed by atoms with E-state index in [-0.39, 0.29) is 23.8 Å². The largest absolute Gasteiger partial charge is 0.378 e. The Morgan fingerprint density at radius 3 is 2.26 bits per heavy atom. The standard InChI is InChI=1S/C19H25Cl2N3O3/c1-13(18(25)22-17-11-15(20)10-16(21)12-17)23-4-2-14(3-5-23)19(26)24-6-8-27-9-7-24/h10-14H,2-9H2,1H3,(H,22,25)/t13-/m1/s1. The van der Waals surface area contributed by atoms with E-state index in [0.717, 1.165) is 25.9 Å². The number of nitrogens with zero attached hydrogens (tertiary/aromatic N) is 2. The van der Waals surface area contributed by atoms with Gasteiger partial charge in [-0.05, 0) is 51.1 Å². The number of amides is 2. The van der Waals surface area contributed by atoms with Gasteiger partial charge in [0, 0.05) is 34.7 Å². The molecule has 2 fully saturated rings. The molecule has 8 heteroatoms. The zero-order valence-electron chi connectivity index (χ0n) is 15.4. The number of rotatable bonds is 4. The van der Waals surface area contributed by atoms with Crippen LogP contribution in [0.15, 0.2) is 18.2 Å². The van der Waals surface area contributed by atoms with Crippen LogP contribution in [0.3, 0.4) is 0 Å². The lowest BCUT2D eigenvalue weighted by Gasteiger charge is -2.37. The number of ether oxygens (including phenoxy) is 1. The van der Waals surface area contributed by atoms with Crippen LogP contribution in [-0.2, 0) is 14.3 Å². The molecule has 1 aromatic rings. The molecule has 0 saturated carbocycles. The normalized spacial score (nSPS) is 20.3. The van der Waals surface area contributed by atoms with E-state index in [1.54, 1.807) is 18.2 Å². The quantitative estimate of drug-likeness (QED) is 0.823. The second kappa shape index (κ2) is 9.24. The van der Waals surface area contributed by atoms with Gasteiger partial charge in [0.2, 0.25) is 11.8 Å². The fraction of sp³-hybridized carbons (Fsp3) is 0.579. The molecular formula is C19H25Cl2N3O3. The summed E-state index contributed by atoms with van der Waals surface area (Å²) >= 11 is 12.0. The third kappa shape index (κ3) is 5.35. The molecule has 2 aliphatic rings. The number of hydrogen-bond donors (Lipinski definition) is 1. The highest BCUT2D eigenvalue weighted by Gasteiger charge is 2.32. The zero-order valence-corrected chi connectivity index (χ0v) is 16.9. The van der Waals surface area contributed by atoms with Crippen LogP contribution >= 0.6 is 23.2 Å². The van der Waals surface area contributed by atoms with E-state index in [4.69, 9.17) is 27.9 Å². The van der Waals surface area contributed by atoms with Crippen LogP contribution in [0, 0.1) is 5.92 Å². The lowest BCUT2D eigenvalue weighted by Crippen LogP contribution is -2.50. The molecule has 148 valence electrons. The van der Waals surface area contributed by atoms with Crippen molar-refractivity contribution in [2.75, 3.05) is 44.7 Å². The number of halogens is 2. The minimum atomic E-state index is -0.290. The van der Waals surface area contributed by atoms with E-state index >= 15 is 0 Å². The summed E-state index contributed by atoms with van der Waals surface area (Å²) in [5, 5.41) is 3.83. The number of nitrogens with one attached hydrogen (secondary N) is 1. The van der Waals surface area contributed by atoms with E-state index in [0.29, 0.717) is 42.0 Å². The number of morpholine rings is 1. The topological polar surface area (TPSA) is 61.9 Å². The molecule has 2 heterocycles. The summed E-state index contributed by atoms with van der Waals surface area (Å²) in [6, 6.07) is 4.68. The number of likely N-dealkylation sites (tertiary alicyclic amines) is 1. The average Bonchev–Trinajstić information content (AvgIpc) is 2.67. The predicted octanol–water partition coefficient (Wildman–Crippen LogP) is 2.89. The molecule has 0 unspecified atom stereocenters. The van der Waals surface area contributed by atoms with Gasteiger partial charge in [-0.3, -0.25) is 14.5 Å². The van der Waals surface area contributed by atoms with Gasteiger partial charge >= 0.3 is 0 Å². The van der Waals surface area contributed by atoms with Gasteiger partial charge in [0.1, 0.15) is 0 Å². The van der Waals surface area contributed by atoms with Crippen molar-refractivity contribution < 1.29 is 14.3 Å². The lowest BCUT2D eigenvalue weighted by molar-refractivity contribution is -0.141. The first kappa shape index (κ1) is 20.4. The summed E-state index contributed by atoms with van der Waals surface area (Å²) in [5.74, 6) is 0.163. The molecule has 2 amide bonds. The Bertz CT molecular complexity index is 667. The maximum absolute atomic E-state index is 12.6. The van der Waals surface area contributed by atoms with Crippen LogP contribution in [0.5, 0.6) is 0 Å². The Labute approximate surface area is 169 Å². The predicted molar refractivity (Wildman–Crippen MR) is 106 cm³/mol. The third-order valence-electron chi connectivity index (χ3n) is 5.26. The van der Waals surface area contributed by atoms with Crippen LogP contribution < -0.4 is 5.32 Å². The minimum Gasteiger partial charge on any atom is -0.378 e. The molecule has 0 radical (unpaired) electrons. The number of carbonyl (C=O) groups is 2. The van der Waals surface area contributed by atoms with E-state index in [9.17, 15) is 9.59 Å².